The Labute approximate surface area is 93.9 Å². The fourth-order valence-corrected chi connectivity index (χ4v) is 0.987. The molecular weight excluding hydrogens is 215 g/mol. The van der Waals surface area contributed by atoms with Gasteiger partial charge in [-0.2, -0.15) is 0 Å². The SMILES string of the molecule is CCC(C)(O)C#Cc1ccc(Cl)c(F)c1. The zero-order valence-corrected chi connectivity index (χ0v) is 9.40. The van der Waals surface area contributed by atoms with Crippen LogP contribution < -0.4 is 0 Å². The Morgan fingerprint density at radius 2 is 2.20 bits per heavy atom. The van der Waals surface area contributed by atoms with Gasteiger partial charge in [0, 0.05) is 5.56 Å². The van der Waals surface area contributed by atoms with Crippen LogP contribution in [0.25, 0.3) is 0 Å². The van der Waals surface area contributed by atoms with Crippen molar-refractivity contribution >= 4 is 11.6 Å². The lowest BCUT2D eigenvalue weighted by molar-refractivity contribution is 0.118. The Morgan fingerprint density at radius 1 is 1.53 bits per heavy atom. The standard InChI is InChI=1S/C12H12ClFO/c1-3-12(2,15)7-6-9-4-5-10(13)11(14)8-9/h4-5,8,15H,3H2,1-2H3. The average Bonchev–Trinajstić information content (AvgIpc) is 2.20. The Morgan fingerprint density at radius 3 is 2.73 bits per heavy atom. The van der Waals surface area contributed by atoms with Crippen LogP contribution in [0, 0.1) is 17.7 Å². The van der Waals surface area contributed by atoms with Crippen LogP contribution in [0.2, 0.25) is 5.02 Å². The normalized spacial score (nSPS) is 13.9. The van der Waals surface area contributed by atoms with Crippen molar-refractivity contribution in [2.45, 2.75) is 25.9 Å². The highest BCUT2D eigenvalue weighted by molar-refractivity contribution is 6.30. The molecule has 80 valence electrons. The Bertz CT molecular complexity index is 415. The molecule has 0 aromatic heterocycles. The second kappa shape index (κ2) is 4.65. The molecule has 1 N–H and O–H groups in total. The summed E-state index contributed by atoms with van der Waals surface area (Å²) in [5.41, 5.74) is -0.526. The highest BCUT2D eigenvalue weighted by Crippen LogP contribution is 2.15. The van der Waals surface area contributed by atoms with Gasteiger partial charge in [-0.1, -0.05) is 30.4 Å². The molecule has 1 rings (SSSR count). The third-order valence-corrected chi connectivity index (χ3v) is 2.39. The zero-order chi connectivity index (χ0) is 11.5. The fraction of sp³-hybridized carbons (Fsp3) is 0.333. The molecule has 3 heteroatoms. The van der Waals surface area contributed by atoms with Crippen LogP contribution >= 0.6 is 11.6 Å². The van der Waals surface area contributed by atoms with Gasteiger partial charge in [0.25, 0.3) is 0 Å². The van der Waals surface area contributed by atoms with Crippen LogP contribution in [-0.2, 0) is 0 Å². The minimum atomic E-state index is -1.03. The molecule has 0 fully saturated rings. The lowest BCUT2D eigenvalue weighted by atomic mass is 10.0. The Kier molecular flexibility index (Phi) is 3.73. The van der Waals surface area contributed by atoms with Crippen molar-refractivity contribution in [3.8, 4) is 11.8 Å². The molecule has 0 bridgehead atoms. The summed E-state index contributed by atoms with van der Waals surface area (Å²) in [6.45, 7) is 3.45. The summed E-state index contributed by atoms with van der Waals surface area (Å²) in [6.07, 6.45) is 0.524. The molecule has 15 heavy (non-hydrogen) atoms. The second-order valence-electron chi connectivity index (χ2n) is 3.51. The Hall–Kier alpha value is -1.04. The van der Waals surface area contributed by atoms with E-state index >= 15 is 0 Å². The quantitative estimate of drug-likeness (QED) is 0.730. The van der Waals surface area contributed by atoms with Crippen molar-refractivity contribution in [2.24, 2.45) is 0 Å². The number of rotatable bonds is 1. The van der Waals surface area contributed by atoms with E-state index in [2.05, 4.69) is 11.8 Å². The van der Waals surface area contributed by atoms with Crippen LogP contribution in [0.4, 0.5) is 4.39 Å². The summed E-state index contributed by atoms with van der Waals surface area (Å²) in [5.74, 6) is 4.87. The van der Waals surface area contributed by atoms with Crippen molar-refractivity contribution in [1.29, 1.82) is 0 Å². The molecule has 0 saturated carbocycles. The van der Waals surface area contributed by atoms with Crippen LogP contribution in [0.15, 0.2) is 18.2 Å². The van der Waals surface area contributed by atoms with Gasteiger partial charge in [-0.25, -0.2) is 4.39 Å². The molecule has 1 unspecified atom stereocenters. The predicted octanol–water partition coefficient (Wildman–Crippen LogP) is 2.99. The third-order valence-electron chi connectivity index (χ3n) is 2.08. The van der Waals surface area contributed by atoms with E-state index < -0.39 is 11.4 Å². The smallest absolute Gasteiger partial charge is 0.143 e. The molecular formula is C12H12ClFO. The molecule has 1 atom stereocenters. The number of benzene rings is 1. The highest BCUT2D eigenvalue weighted by atomic mass is 35.5. The molecule has 0 radical (unpaired) electrons. The maximum Gasteiger partial charge on any atom is 0.143 e. The molecule has 0 aliphatic heterocycles. The van der Waals surface area contributed by atoms with Crippen LogP contribution in [0.3, 0.4) is 0 Å². The average molecular weight is 227 g/mol. The minimum absolute atomic E-state index is 0.0720. The zero-order valence-electron chi connectivity index (χ0n) is 8.64. The van der Waals surface area contributed by atoms with E-state index in [-0.39, 0.29) is 5.02 Å². The van der Waals surface area contributed by atoms with Gasteiger partial charge in [0.05, 0.1) is 5.02 Å². The first kappa shape index (κ1) is 12.0. The molecule has 0 saturated heterocycles. The topological polar surface area (TPSA) is 20.2 Å². The monoisotopic (exact) mass is 226 g/mol. The fourth-order valence-electron chi connectivity index (χ4n) is 0.869. The van der Waals surface area contributed by atoms with Gasteiger partial charge in [0.2, 0.25) is 0 Å². The van der Waals surface area contributed by atoms with Crippen LogP contribution in [-0.4, -0.2) is 10.7 Å². The van der Waals surface area contributed by atoms with E-state index in [4.69, 9.17) is 11.6 Å². The highest BCUT2D eigenvalue weighted by Gasteiger charge is 2.12. The third kappa shape index (κ3) is 3.54. The second-order valence-corrected chi connectivity index (χ2v) is 3.91. The summed E-state index contributed by atoms with van der Waals surface area (Å²) in [4.78, 5) is 0. The lowest BCUT2D eigenvalue weighted by Gasteiger charge is -2.11. The molecule has 1 aromatic carbocycles. The number of hydrogen-bond donors (Lipinski definition) is 1. The summed E-state index contributed by atoms with van der Waals surface area (Å²) >= 11 is 5.53. The van der Waals surface area contributed by atoms with Gasteiger partial charge in [-0.15, -0.1) is 0 Å². The van der Waals surface area contributed by atoms with E-state index in [9.17, 15) is 9.50 Å². The van der Waals surface area contributed by atoms with Gasteiger partial charge in [-0.05, 0) is 31.5 Å². The maximum atomic E-state index is 13.0. The Balaban J connectivity index is 2.95. The summed E-state index contributed by atoms with van der Waals surface area (Å²) in [5, 5.41) is 9.69. The van der Waals surface area contributed by atoms with Crippen molar-refractivity contribution < 1.29 is 9.50 Å². The van der Waals surface area contributed by atoms with Gasteiger partial charge >= 0.3 is 0 Å². The number of aliphatic hydroxyl groups is 1. The van der Waals surface area contributed by atoms with Crippen molar-refractivity contribution in [3.63, 3.8) is 0 Å². The number of halogens is 2. The molecule has 0 heterocycles. The van der Waals surface area contributed by atoms with Gasteiger partial charge in [-0.3, -0.25) is 0 Å². The van der Waals surface area contributed by atoms with Gasteiger partial charge in [0.1, 0.15) is 11.4 Å². The first-order chi connectivity index (χ1) is 6.94. The van der Waals surface area contributed by atoms with Crippen molar-refractivity contribution in [1.82, 2.24) is 0 Å². The molecule has 1 nitrogen and oxygen atoms in total. The van der Waals surface area contributed by atoms with E-state index in [0.29, 0.717) is 12.0 Å². The first-order valence-electron chi connectivity index (χ1n) is 4.65. The maximum absolute atomic E-state index is 13.0. The van der Waals surface area contributed by atoms with Gasteiger partial charge in [0.15, 0.2) is 0 Å². The minimum Gasteiger partial charge on any atom is -0.378 e. The van der Waals surface area contributed by atoms with Gasteiger partial charge < -0.3 is 5.11 Å². The van der Waals surface area contributed by atoms with E-state index in [1.54, 1.807) is 13.0 Å². The van der Waals surface area contributed by atoms with Crippen LogP contribution in [0.1, 0.15) is 25.8 Å². The van der Waals surface area contributed by atoms with E-state index in [1.165, 1.54) is 12.1 Å². The first-order valence-corrected chi connectivity index (χ1v) is 5.03. The molecule has 0 amide bonds. The summed E-state index contributed by atoms with van der Waals surface area (Å²) in [6, 6.07) is 4.31. The van der Waals surface area contributed by atoms with Crippen LogP contribution in [0.5, 0.6) is 0 Å². The van der Waals surface area contributed by atoms with Crippen molar-refractivity contribution in [3.05, 3.63) is 34.6 Å². The summed E-state index contributed by atoms with van der Waals surface area (Å²) in [7, 11) is 0. The molecule has 0 spiro atoms. The van der Waals surface area contributed by atoms with E-state index in [1.807, 2.05) is 6.92 Å². The predicted molar refractivity (Wildman–Crippen MR) is 59.2 cm³/mol. The summed E-state index contributed by atoms with van der Waals surface area (Å²) < 4.78 is 13.0. The molecule has 0 aliphatic carbocycles. The van der Waals surface area contributed by atoms with E-state index in [0.717, 1.165) is 0 Å². The molecule has 0 aliphatic rings. The lowest BCUT2D eigenvalue weighted by Crippen LogP contribution is -2.19. The number of hydrogen-bond acceptors (Lipinski definition) is 1. The van der Waals surface area contributed by atoms with Crippen molar-refractivity contribution in [2.75, 3.05) is 0 Å². The molecule has 1 aromatic rings. The largest absolute Gasteiger partial charge is 0.378 e.